The van der Waals surface area contributed by atoms with Crippen molar-refractivity contribution in [1.29, 1.82) is 0 Å². The van der Waals surface area contributed by atoms with E-state index in [4.69, 9.17) is 27.9 Å². The van der Waals surface area contributed by atoms with E-state index in [0.29, 0.717) is 35.2 Å². The summed E-state index contributed by atoms with van der Waals surface area (Å²) < 4.78 is 5.24. The van der Waals surface area contributed by atoms with Gasteiger partial charge in [-0.05, 0) is 24.3 Å². The van der Waals surface area contributed by atoms with Gasteiger partial charge in [-0.2, -0.15) is 0 Å². The van der Waals surface area contributed by atoms with Crippen molar-refractivity contribution in [2.45, 2.75) is 13.0 Å². The third-order valence-electron chi connectivity index (χ3n) is 4.75. The molecule has 0 spiro atoms. The van der Waals surface area contributed by atoms with E-state index in [1.165, 1.54) is 18.4 Å². The fourth-order valence-corrected chi connectivity index (χ4v) is 4.78. The van der Waals surface area contributed by atoms with Crippen molar-refractivity contribution < 1.29 is 14.3 Å². The Morgan fingerprint density at radius 2 is 1.87 bits per heavy atom. The minimum Gasteiger partial charge on any atom is -0.494 e. The van der Waals surface area contributed by atoms with Gasteiger partial charge in [-0.15, -0.1) is 0 Å². The predicted octanol–water partition coefficient (Wildman–Crippen LogP) is 4.91. The number of benzene rings is 2. The second kappa shape index (κ2) is 8.63. The van der Waals surface area contributed by atoms with Gasteiger partial charge in [-0.3, -0.25) is 14.9 Å². The quantitative estimate of drug-likeness (QED) is 0.598. The Kier molecular flexibility index (Phi) is 5.94. The van der Waals surface area contributed by atoms with Crippen molar-refractivity contribution >= 4 is 51.5 Å². The highest BCUT2D eigenvalue weighted by Gasteiger charge is 2.26. The average molecular weight is 462 g/mol. The van der Waals surface area contributed by atoms with Crippen LogP contribution in [0.1, 0.15) is 31.3 Å². The lowest BCUT2D eigenvalue weighted by Gasteiger charge is -2.26. The number of carbonyl (C=O) groups excluding carboxylic acids is 2. The molecule has 0 atom stereocenters. The van der Waals surface area contributed by atoms with Crippen LogP contribution in [0.4, 0.5) is 5.13 Å². The van der Waals surface area contributed by atoms with Gasteiger partial charge in [-0.1, -0.05) is 52.7 Å². The summed E-state index contributed by atoms with van der Waals surface area (Å²) in [6.07, 6.45) is 0.627. The fraction of sp³-hybridized carbons (Fsp3) is 0.190. The molecule has 0 unspecified atom stereocenters. The standard InChI is InChI=1S/C21H17Cl2N3O3S/c1-29-18-14(23)8-7-13(22)17(18)19(27)25-21-24-15-9-10-26(11-16(15)30-21)20(28)12-5-3-2-4-6-12/h2-8H,9-11H2,1H3,(H,24,25,27). The van der Waals surface area contributed by atoms with E-state index < -0.39 is 5.91 Å². The Hall–Kier alpha value is -2.61. The van der Waals surface area contributed by atoms with Crippen LogP contribution in [-0.2, 0) is 13.0 Å². The molecule has 0 bridgehead atoms. The monoisotopic (exact) mass is 461 g/mol. The van der Waals surface area contributed by atoms with Crippen LogP contribution in [0.5, 0.6) is 5.75 Å². The number of hydrogen-bond donors (Lipinski definition) is 1. The number of nitrogens with one attached hydrogen (secondary N) is 1. The molecule has 30 heavy (non-hydrogen) atoms. The number of fused-ring (bicyclic) bond motifs is 1. The van der Waals surface area contributed by atoms with Crippen LogP contribution in [0.2, 0.25) is 10.0 Å². The second-order valence-electron chi connectivity index (χ2n) is 6.62. The smallest absolute Gasteiger partial charge is 0.262 e. The normalized spacial score (nSPS) is 13.0. The van der Waals surface area contributed by atoms with Gasteiger partial charge in [0.15, 0.2) is 10.9 Å². The lowest BCUT2D eigenvalue weighted by molar-refractivity contribution is 0.0736. The first kappa shape index (κ1) is 20.7. The number of ether oxygens (including phenoxy) is 1. The number of aromatic nitrogens is 1. The van der Waals surface area contributed by atoms with E-state index in [2.05, 4.69) is 10.3 Å². The maximum atomic E-state index is 12.8. The molecule has 9 heteroatoms. The summed E-state index contributed by atoms with van der Waals surface area (Å²) in [5.74, 6) is -0.263. The molecule has 6 nitrogen and oxygen atoms in total. The molecule has 3 aromatic rings. The van der Waals surface area contributed by atoms with Crippen molar-refractivity contribution in [3.8, 4) is 5.75 Å². The Bertz CT molecular complexity index is 1120. The molecule has 0 fully saturated rings. The lowest BCUT2D eigenvalue weighted by atomic mass is 10.1. The van der Waals surface area contributed by atoms with E-state index in [-0.39, 0.29) is 22.2 Å². The predicted molar refractivity (Wildman–Crippen MR) is 118 cm³/mol. The molecule has 154 valence electrons. The minimum absolute atomic E-state index is 0.0179. The number of anilines is 1. The molecule has 1 aliphatic heterocycles. The summed E-state index contributed by atoms with van der Waals surface area (Å²) >= 11 is 13.7. The summed E-state index contributed by atoms with van der Waals surface area (Å²) in [5.41, 5.74) is 1.69. The molecule has 2 heterocycles. The molecule has 0 saturated carbocycles. The molecule has 0 aliphatic carbocycles. The Balaban J connectivity index is 1.52. The van der Waals surface area contributed by atoms with E-state index in [9.17, 15) is 9.59 Å². The number of halogens is 2. The average Bonchev–Trinajstić information content (AvgIpc) is 3.16. The Morgan fingerprint density at radius 1 is 1.13 bits per heavy atom. The number of hydrogen-bond acceptors (Lipinski definition) is 5. The van der Waals surface area contributed by atoms with Crippen molar-refractivity contribution in [3.05, 3.63) is 74.2 Å². The van der Waals surface area contributed by atoms with E-state index >= 15 is 0 Å². The molecule has 0 saturated heterocycles. The number of thiazole rings is 1. The summed E-state index contributed by atoms with van der Waals surface area (Å²) in [6, 6.07) is 12.3. The maximum Gasteiger partial charge on any atom is 0.262 e. The first-order valence-corrected chi connectivity index (χ1v) is 10.7. The highest BCUT2D eigenvalue weighted by molar-refractivity contribution is 7.15. The minimum atomic E-state index is -0.456. The molecule has 1 N–H and O–H groups in total. The molecule has 2 aromatic carbocycles. The van der Waals surface area contributed by atoms with Crippen LogP contribution in [-0.4, -0.2) is 35.4 Å². The van der Waals surface area contributed by atoms with E-state index in [0.717, 1.165) is 10.6 Å². The zero-order chi connectivity index (χ0) is 21.3. The Morgan fingerprint density at radius 3 is 2.60 bits per heavy atom. The first-order chi connectivity index (χ1) is 14.5. The Labute approximate surface area is 187 Å². The van der Waals surface area contributed by atoms with Crippen molar-refractivity contribution in [2.75, 3.05) is 19.0 Å². The number of carbonyl (C=O) groups is 2. The van der Waals surface area contributed by atoms with Crippen LogP contribution in [0, 0.1) is 0 Å². The van der Waals surface area contributed by atoms with Crippen LogP contribution in [0.15, 0.2) is 42.5 Å². The first-order valence-electron chi connectivity index (χ1n) is 9.14. The van der Waals surface area contributed by atoms with Crippen LogP contribution in [0.25, 0.3) is 0 Å². The third kappa shape index (κ3) is 4.01. The van der Waals surface area contributed by atoms with Crippen LogP contribution in [0.3, 0.4) is 0 Å². The topological polar surface area (TPSA) is 71.5 Å². The van der Waals surface area contributed by atoms with Gasteiger partial charge in [0, 0.05) is 23.4 Å². The zero-order valence-corrected chi connectivity index (χ0v) is 18.3. The van der Waals surface area contributed by atoms with Crippen molar-refractivity contribution in [3.63, 3.8) is 0 Å². The zero-order valence-electron chi connectivity index (χ0n) is 15.9. The molecule has 1 aliphatic rings. The van der Waals surface area contributed by atoms with Crippen molar-refractivity contribution in [1.82, 2.24) is 9.88 Å². The lowest BCUT2D eigenvalue weighted by Crippen LogP contribution is -2.35. The number of amides is 2. The summed E-state index contributed by atoms with van der Waals surface area (Å²) in [6.45, 7) is 1.03. The summed E-state index contributed by atoms with van der Waals surface area (Å²) in [4.78, 5) is 32.8. The molecule has 4 rings (SSSR count). The van der Waals surface area contributed by atoms with Gasteiger partial charge in [-0.25, -0.2) is 4.98 Å². The van der Waals surface area contributed by atoms with Crippen LogP contribution >= 0.6 is 34.5 Å². The van der Waals surface area contributed by atoms with Crippen LogP contribution < -0.4 is 10.1 Å². The third-order valence-corrected chi connectivity index (χ3v) is 6.36. The largest absolute Gasteiger partial charge is 0.494 e. The highest BCUT2D eigenvalue weighted by Crippen LogP contribution is 2.35. The van der Waals surface area contributed by atoms with Crippen molar-refractivity contribution in [2.24, 2.45) is 0 Å². The molecular weight excluding hydrogens is 445 g/mol. The van der Waals surface area contributed by atoms with Gasteiger partial charge < -0.3 is 9.64 Å². The summed E-state index contributed by atoms with van der Waals surface area (Å²) in [7, 11) is 1.43. The number of rotatable bonds is 4. The summed E-state index contributed by atoms with van der Waals surface area (Å²) in [5, 5.41) is 3.74. The van der Waals surface area contributed by atoms with Gasteiger partial charge in [0.25, 0.3) is 11.8 Å². The van der Waals surface area contributed by atoms with E-state index in [1.54, 1.807) is 29.2 Å². The molecular formula is C21H17Cl2N3O3S. The molecule has 1 aromatic heterocycles. The maximum absolute atomic E-state index is 12.8. The van der Waals surface area contributed by atoms with Gasteiger partial charge in [0.1, 0.15) is 5.56 Å². The van der Waals surface area contributed by atoms with Gasteiger partial charge in [0.2, 0.25) is 0 Å². The highest BCUT2D eigenvalue weighted by atomic mass is 35.5. The molecule has 2 amide bonds. The van der Waals surface area contributed by atoms with Gasteiger partial charge >= 0.3 is 0 Å². The van der Waals surface area contributed by atoms with Gasteiger partial charge in [0.05, 0.1) is 29.4 Å². The fourth-order valence-electron chi connectivity index (χ4n) is 3.29. The number of nitrogens with zero attached hydrogens (tertiary/aromatic N) is 2. The molecule has 0 radical (unpaired) electrons. The SMILES string of the molecule is COc1c(Cl)ccc(Cl)c1C(=O)Nc1nc2c(s1)CN(C(=O)c1ccccc1)CC2. The van der Waals surface area contributed by atoms with E-state index in [1.807, 2.05) is 18.2 Å². The number of methoxy groups -OCH3 is 1. The second-order valence-corrected chi connectivity index (χ2v) is 8.52.